The van der Waals surface area contributed by atoms with E-state index < -0.39 is 10.0 Å². The molecule has 0 amide bonds. The first-order valence-corrected chi connectivity index (χ1v) is 8.76. The van der Waals surface area contributed by atoms with Crippen molar-refractivity contribution in [1.82, 2.24) is 14.3 Å². The predicted octanol–water partition coefficient (Wildman–Crippen LogP) is 1.55. The highest BCUT2D eigenvalue weighted by Crippen LogP contribution is 2.27. The average Bonchev–Trinajstić information content (AvgIpc) is 3.00. The summed E-state index contributed by atoms with van der Waals surface area (Å²) in [6.07, 6.45) is 4.90. The van der Waals surface area contributed by atoms with Crippen LogP contribution in [0.2, 0.25) is 5.02 Å². The first-order valence-electron chi connectivity index (χ1n) is 6.94. The molecule has 1 saturated heterocycles. The third-order valence-electron chi connectivity index (χ3n) is 3.51. The first kappa shape index (κ1) is 16.0. The second-order valence-corrected chi connectivity index (χ2v) is 7.46. The van der Waals surface area contributed by atoms with E-state index in [1.807, 2.05) is 0 Å². The Hall–Kier alpha value is -1.90. The van der Waals surface area contributed by atoms with Gasteiger partial charge in [0.05, 0.1) is 17.8 Å². The second kappa shape index (κ2) is 6.31. The molecule has 2 aromatic rings. The fourth-order valence-electron chi connectivity index (χ4n) is 2.40. The Bertz CT molecular complexity index is 801. The monoisotopic (exact) mass is 354 g/mol. The molecule has 0 spiro atoms. The Morgan fingerprint density at radius 3 is 2.96 bits per heavy atom. The van der Waals surface area contributed by atoms with E-state index in [9.17, 15) is 8.42 Å². The lowest BCUT2D eigenvalue weighted by Gasteiger charge is -2.18. The number of nitrogens with two attached hydrogens (primary N) is 1. The molecule has 1 unspecified atom stereocenters. The van der Waals surface area contributed by atoms with E-state index in [1.165, 1.54) is 16.6 Å². The topological polar surface area (TPSA) is 98.4 Å². The summed E-state index contributed by atoms with van der Waals surface area (Å²) in [4.78, 5) is 7.69. The van der Waals surface area contributed by atoms with Crippen LogP contribution in [0.15, 0.2) is 41.7 Å². The van der Waals surface area contributed by atoms with Crippen molar-refractivity contribution in [2.45, 2.75) is 17.4 Å². The van der Waals surface area contributed by atoms with E-state index in [0.717, 1.165) is 0 Å². The van der Waals surface area contributed by atoms with Crippen LogP contribution < -0.4 is 10.5 Å². The fourth-order valence-corrected chi connectivity index (χ4v) is 4.20. The van der Waals surface area contributed by atoms with Gasteiger partial charge in [0.1, 0.15) is 22.6 Å². The fraction of sp³-hybridized carbons (Fsp3) is 0.286. The minimum absolute atomic E-state index is 0.0639. The van der Waals surface area contributed by atoms with Gasteiger partial charge in [0, 0.05) is 18.9 Å². The summed E-state index contributed by atoms with van der Waals surface area (Å²) in [5.74, 6) is 0.548. The molecule has 1 atom stereocenters. The highest BCUT2D eigenvalue weighted by Gasteiger charge is 2.35. The molecule has 0 aliphatic carbocycles. The summed E-state index contributed by atoms with van der Waals surface area (Å²) < 4.78 is 32.4. The van der Waals surface area contributed by atoms with Gasteiger partial charge in [-0.3, -0.25) is 4.98 Å². The van der Waals surface area contributed by atoms with Crippen molar-refractivity contribution < 1.29 is 13.2 Å². The Morgan fingerprint density at radius 2 is 2.22 bits per heavy atom. The molecule has 0 aromatic carbocycles. The second-order valence-electron chi connectivity index (χ2n) is 5.12. The number of nitrogens with zero attached hydrogens (tertiary/aromatic N) is 3. The molecule has 1 fully saturated rings. The van der Waals surface area contributed by atoms with Gasteiger partial charge in [-0.1, -0.05) is 11.6 Å². The summed E-state index contributed by atoms with van der Waals surface area (Å²) in [5, 5.41) is 0.222. The normalized spacial score (nSPS) is 18.9. The maximum Gasteiger partial charge on any atom is 0.246 e. The minimum atomic E-state index is -3.75. The summed E-state index contributed by atoms with van der Waals surface area (Å²) in [5.41, 5.74) is 5.69. The lowest BCUT2D eigenvalue weighted by atomic mass is 10.3. The Morgan fingerprint density at radius 1 is 1.39 bits per heavy atom. The van der Waals surface area contributed by atoms with E-state index in [4.69, 9.17) is 22.1 Å². The van der Waals surface area contributed by atoms with Gasteiger partial charge >= 0.3 is 0 Å². The molecule has 0 bridgehead atoms. The maximum atomic E-state index is 12.7. The van der Waals surface area contributed by atoms with Crippen molar-refractivity contribution in [3.05, 3.63) is 41.8 Å². The van der Waals surface area contributed by atoms with Gasteiger partial charge in [-0.05, 0) is 24.6 Å². The molecular formula is C14H15ClN4O3S. The number of hydrogen-bond acceptors (Lipinski definition) is 6. The van der Waals surface area contributed by atoms with Crippen LogP contribution in [0.5, 0.6) is 5.75 Å². The average molecular weight is 355 g/mol. The van der Waals surface area contributed by atoms with E-state index in [-0.39, 0.29) is 28.4 Å². The van der Waals surface area contributed by atoms with Crippen molar-refractivity contribution in [2.24, 2.45) is 0 Å². The number of ether oxygens (including phenoxy) is 1. The van der Waals surface area contributed by atoms with E-state index >= 15 is 0 Å². The molecule has 0 saturated carbocycles. The van der Waals surface area contributed by atoms with Crippen molar-refractivity contribution in [1.29, 1.82) is 0 Å². The third kappa shape index (κ3) is 3.39. The molecule has 9 heteroatoms. The number of sulfonamides is 1. The van der Waals surface area contributed by atoms with Crippen LogP contribution in [0, 0.1) is 0 Å². The number of nitrogen functional groups attached to an aromatic ring is 1. The summed E-state index contributed by atoms with van der Waals surface area (Å²) in [6.45, 7) is 0.586. The van der Waals surface area contributed by atoms with E-state index in [1.54, 1.807) is 24.5 Å². The molecule has 7 nitrogen and oxygen atoms in total. The van der Waals surface area contributed by atoms with Gasteiger partial charge in [-0.25, -0.2) is 13.4 Å². The number of rotatable bonds is 4. The van der Waals surface area contributed by atoms with Crippen molar-refractivity contribution in [3.8, 4) is 5.75 Å². The highest BCUT2D eigenvalue weighted by molar-refractivity contribution is 7.89. The molecule has 23 heavy (non-hydrogen) atoms. The standard InChI is InChI=1S/C14H15ClN4O3S/c15-10-6-13(14(16)18-7-10)23(20,21)19-5-3-12(9-19)22-11-2-1-4-17-8-11/h1-2,4,6-8,12H,3,5,9H2,(H2,16,18). The number of hydrogen-bond donors (Lipinski definition) is 1. The Kier molecular flexibility index (Phi) is 4.38. The van der Waals surface area contributed by atoms with Crippen molar-refractivity contribution >= 4 is 27.4 Å². The van der Waals surface area contributed by atoms with E-state index in [2.05, 4.69) is 9.97 Å². The van der Waals surface area contributed by atoms with Gasteiger partial charge in [0.15, 0.2) is 0 Å². The predicted molar refractivity (Wildman–Crippen MR) is 85.7 cm³/mol. The quantitative estimate of drug-likeness (QED) is 0.894. The Balaban J connectivity index is 1.76. The van der Waals surface area contributed by atoms with Crippen LogP contribution in [-0.2, 0) is 10.0 Å². The van der Waals surface area contributed by atoms with E-state index in [0.29, 0.717) is 18.7 Å². The minimum Gasteiger partial charge on any atom is -0.487 e. The molecule has 3 heterocycles. The number of halogens is 1. The van der Waals surface area contributed by atoms with Crippen LogP contribution in [-0.4, -0.2) is 41.9 Å². The van der Waals surface area contributed by atoms with Gasteiger partial charge in [0.2, 0.25) is 10.0 Å². The lowest BCUT2D eigenvalue weighted by molar-refractivity contribution is 0.214. The van der Waals surface area contributed by atoms with Crippen molar-refractivity contribution in [3.63, 3.8) is 0 Å². The number of pyridine rings is 2. The first-order chi connectivity index (χ1) is 11.0. The molecule has 2 aromatic heterocycles. The van der Waals surface area contributed by atoms with Crippen LogP contribution >= 0.6 is 11.6 Å². The van der Waals surface area contributed by atoms with Gasteiger partial charge in [-0.15, -0.1) is 0 Å². The highest BCUT2D eigenvalue weighted by atomic mass is 35.5. The molecule has 2 N–H and O–H groups in total. The third-order valence-corrected chi connectivity index (χ3v) is 5.61. The maximum absolute atomic E-state index is 12.7. The zero-order chi connectivity index (χ0) is 16.4. The van der Waals surface area contributed by atoms with Crippen LogP contribution in [0.25, 0.3) is 0 Å². The molecule has 122 valence electrons. The summed E-state index contributed by atoms with van der Waals surface area (Å²) in [7, 11) is -3.75. The largest absolute Gasteiger partial charge is 0.487 e. The number of anilines is 1. The lowest BCUT2D eigenvalue weighted by Crippen LogP contribution is -2.31. The molecule has 0 radical (unpaired) electrons. The van der Waals surface area contributed by atoms with Gasteiger partial charge < -0.3 is 10.5 Å². The zero-order valence-electron chi connectivity index (χ0n) is 12.1. The smallest absolute Gasteiger partial charge is 0.246 e. The van der Waals surface area contributed by atoms with Crippen LogP contribution in [0.3, 0.4) is 0 Å². The molecule has 3 rings (SSSR count). The SMILES string of the molecule is Nc1ncc(Cl)cc1S(=O)(=O)N1CCC(Oc2cccnc2)C1. The van der Waals surface area contributed by atoms with Crippen molar-refractivity contribution in [2.75, 3.05) is 18.8 Å². The summed E-state index contributed by atoms with van der Waals surface area (Å²) in [6, 6.07) is 4.86. The van der Waals surface area contributed by atoms with Crippen LogP contribution in [0.4, 0.5) is 5.82 Å². The molecular weight excluding hydrogens is 340 g/mol. The number of aromatic nitrogens is 2. The zero-order valence-corrected chi connectivity index (χ0v) is 13.7. The Labute approximate surface area is 139 Å². The van der Waals surface area contributed by atoms with Gasteiger partial charge in [0.25, 0.3) is 0 Å². The summed E-state index contributed by atoms with van der Waals surface area (Å²) >= 11 is 5.83. The van der Waals surface area contributed by atoms with Crippen LogP contribution in [0.1, 0.15) is 6.42 Å². The van der Waals surface area contributed by atoms with Gasteiger partial charge in [-0.2, -0.15) is 4.31 Å². The molecule has 1 aliphatic rings. The molecule has 1 aliphatic heterocycles.